The molecule has 0 saturated carbocycles. The van der Waals surface area contributed by atoms with Crippen molar-refractivity contribution in [2.75, 3.05) is 32.8 Å². The van der Waals surface area contributed by atoms with E-state index in [0.29, 0.717) is 31.3 Å². The number of nitrogens with zero attached hydrogens (tertiary/aromatic N) is 1. The van der Waals surface area contributed by atoms with Crippen LogP contribution in [0.2, 0.25) is 0 Å². The third-order valence-corrected chi connectivity index (χ3v) is 3.44. The van der Waals surface area contributed by atoms with E-state index >= 15 is 0 Å². The van der Waals surface area contributed by atoms with Gasteiger partial charge in [-0.15, -0.1) is 0 Å². The molecule has 126 valence electrons. The number of ether oxygens (including phenoxy) is 2. The summed E-state index contributed by atoms with van der Waals surface area (Å²) in [5.41, 5.74) is 0. The zero-order valence-electron chi connectivity index (χ0n) is 13.7. The first kappa shape index (κ1) is 17.3. The number of carbonyl (C=O) groups is 2. The average molecular weight is 320 g/mol. The molecular weight excluding hydrogens is 296 g/mol. The fourth-order valence-electron chi connectivity index (χ4n) is 2.37. The van der Waals surface area contributed by atoms with Gasteiger partial charge in [-0.25, -0.2) is 0 Å². The van der Waals surface area contributed by atoms with Gasteiger partial charge >= 0.3 is 0 Å². The van der Waals surface area contributed by atoms with Gasteiger partial charge in [0.25, 0.3) is 5.91 Å². The highest BCUT2D eigenvalue weighted by atomic mass is 16.5. The maximum atomic E-state index is 11.8. The van der Waals surface area contributed by atoms with Crippen molar-refractivity contribution in [2.24, 2.45) is 5.92 Å². The molecule has 0 aliphatic carbocycles. The summed E-state index contributed by atoms with van der Waals surface area (Å²) in [5.74, 6) is 0.871. The summed E-state index contributed by atoms with van der Waals surface area (Å²) in [6.07, 6.45) is -0.174. The number of morpholine rings is 1. The molecule has 0 spiro atoms. The molecule has 2 amide bonds. The molecule has 1 unspecified atom stereocenters. The summed E-state index contributed by atoms with van der Waals surface area (Å²) >= 11 is 0. The summed E-state index contributed by atoms with van der Waals surface area (Å²) in [4.78, 5) is 25.4. The van der Waals surface area contributed by atoms with Gasteiger partial charge in [-0.3, -0.25) is 9.59 Å². The van der Waals surface area contributed by atoms with E-state index < -0.39 is 0 Å². The maximum Gasteiger partial charge on any atom is 0.258 e. The predicted octanol–water partition coefficient (Wildman–Crippen LogP) is 1.06. The summed E-state index contributed by atoms with van der Waals surface area (Å²) in [5, 5.41) is 2.78. The van der Waals surface area contributed by atoms with E-state index in [1.54, 1.807) is 17.0 Å². The van der Waals surface area contributed by atoms with Gasteiger partial charge in [-0.1, -0.05) is 32.0 Å². The Bertz CT molecular complexity index is 519. The normalized spacial score (nSPS) is 18.1. The molecule has 1 fully saturated rings. The van der Waals surface area contributed by atoms with Crippen molar-refractivity contribution >= 4 is 11.8 Å². The first-order valence-corrected chi connectivity index (χ1v) is 7.88. The average Bonchev–Trinajstić information content (AvgIpc) is 2.54. The lowest BCUT2D eigenvalue weighted by Crippen LogP contribution is -2.51. The Balaban J connectivity index is 1.70. The zero-order chi connectivity index (χ0) is 16.7. The van der Waals surface area contributed by atoms with Crippen LogP contribution in [0.1, 0.15) is 13.8 Å². The molecule has 1 atom stereocenters. The van der Waals surface area contributed by atoms with Crippen LogP contribution in [0.15, 0.2) is 30.3 Å². The summed E-state index contributed by atoms with van der Waals surface area (Å²) in [7, 11) is 0. The van der Waals surface area contributed by atoms with Gasteiger partial charge in [0.05, 0.1) is 6.10 Å². The minimum absolute atomic E-state index is 0.00804. The van der Waals surface area contributed by atoms with Gasteiger partial charge in [0.15, 0.2) is 6.61 Å². The lowest BCUT2D eigenvalue weighted by molar-refractivity contribution is -0.149. The van der Waals surface area contributed by atoms with E-state index in [1.165, 1.54) is 0 Å². The molecule has 1 aromatic carbocycles. The monoisotopic (exact) mass is 320 g/mol. The Kier molecular flexibility index (Phi) is 6.40. The SMILES string of the molecule is CC(C)CN1CC(CNC(=O)COc2ccccc2)OCC1=O. The number of amides is 2. The van der Waals surface area contributed by atoms with E-state index in [2.05, 4.69) is 19.2 Å². The van der Waals surface area contributed by atoms with Crippen LogP contribution in [-0.4, -0.2) is 55.7 Å². The predicted molar refractivity (Wildman–Crippen MR) is 86.1 cm³/mol. The van der Waals surface area contributed by atoms with Gasteiger partial charge in [-0.05, 0) is 18.1 Å². The van der Waals surface area contributed by atoms with Gasteiger partial charge < -0.3 is 19.7 Å². The minimum Gasteiger partial charge on any atom is -0.484 e. The second-order valence-electron chi connectivity index (χ2n) is 6.03. The summed E-state index contributed by atoms with van der Waals surface area (Å²) < 4.78 is 10.8. The Labute approximate surface area is 136 Å². The third-order valence-electron chi connectivity index (χ3n) is 3.44. The van der Waals surface area contributed by atoms with Crippen molar-refractivity contribution in [3.8, 4) is 5.75 Å². The Morgan fingerprint density at radius 1 is 1.39 bits per heavy atom. The van der Waals surface area contributed by atoms with Gasteiger partial charge in [0.1, 0.15) is 12.4 Å². The van der Waals surface area contributed by atoms with Gasteiger partial charge in [0, 0.05) is 19.6 Å². The molecule has 0 radical (unpaired) electrons. The van der Waals surface area contributed by atoms with E-state index in [1.807, 2.05) is 18.2 Å². The van der Waals surface area contributed by atoms with E-state index in [9.17, 15) is 9.59 Å². The fraction of sp³-hybridized carbons (Fsp3) is 0.529. The highest BCUT2D eigenvalue weighted by Gasteiger charge is 2.26. The van der Waals surface area contributed by atoms with Crippen LogP contribution >= 0.6 is 0 Å². The van der Waals surface area contributed by atoms with Crippen LogP contribution in [0.4, 0.5) is 0 Å². The molecule has 6 nitrogen and oxygen atoms in total. The largest absolute Gasteiger partial charge is 0.484 e. The number of carbonyl (C=O) groups excluding carboxylic acids is 2. The van der Waals surface area contributed by atoms with E-state index in [0.717, 1.165) is 0 Å². The van der Waals surface area contributed by atoms with Crippen molar-refractivity contribution in [3.05, 3.63) is 30.3 Å². The molecule has 1 saturated heterocycles. The molecule has 23 heavy (non-hydrogen) atoms. The summed E-state index contributed by atoms with van der Waals surface area (Å²) in [6.45, 7) is 5.78. The van der Waals surface area contributed by atoms with Crippen molar-refractivity contribution in [1.82, 2.24) is 10.2 Å². The summed E-state index contributed by atoms with van der Waals surface area (Å²) in [6, 6.07) is 9.18. The molecule has 1 aliphatic heterocycles. The number of hydrogen-bond donors (Lipinski definition) is 1. The molecular formula is C17H24N2O4. The molecule has 1 aliphatic rings. The second-order valence-corrected chi connectivity index (χ2v) is 6.03. The maximum absolute atomic E-state index is 11.8. The van der Waals surface area contributed by atoms with Crippen molar-refractivity contribution in [2.45, 2.75) is 20.0 Å². The molecule has 1 heterocycles. The Morgan fingerprint density at radius 3 is 2.83 bits per heavy atom. The molecule has 1 N–H and O–H groups in total. The number of para-hydroxylation sites is 1. The van der Waals surface area contributed by atoms with Gasteiger partial charge in [-0.2, -0.15) is 0 Å². The quantitative estimate of drug-likeness (QED) is 0.816. The van der Waals surface area contributed by atoms with E-state index in [-0.39, 0.29) is 31.1 Å². The first-order chi connectivity index (χ1) is 11.0. The molecule has 0 bridgehead atoms. The molecule has 6 heteroatoms. The molecule has 1 aromatic rings. The topological polar surface area (TPSA) is 67.9 Å². The molecule has 2 rings (SSSR count). The number of hydrogen-bond acceptors (Lipinski definition) is 4. The first-order valence-electron chi connectivity index (χ1n) is 7.88. The third kappa shape index (κ3) is 5.90. The van der Waals surface area contributed by atoms with Crippen molar-refractivity contribution in [3.63, 3.8) is 0 Å². The standard InChI is InChI=1S/C17H24N2O4/c1-13(2)9-19-10-15(23-12-17(19)21)8-18-16(20)11-22-14-6-4-3-5-7-14/h3-7,13,15H,8-12H2,1-2H3,(H,18,20). The molecule has 0 aromatic heterocycles. The van der Waals surface area contributed by atoms with Crippen LogP contribution < -0.4 is 10.1 Å². The number of rotatable bonds is 7. The zero-order valence-corrected chi connectivity index (χ0v) is 13.7. The van der Waals surface area contributed by atoms with Crippen molar-refractivity contribution in [1.29, 1.82) is 0 Å². The smallest absolute Gasteiger partial charge is 0.258 e. The highest BCUT2D eigenvalue weighted by Crippen LogP contribution is 2.09. The second kappa shape index (κ2) is 8.53. The van der Waals surface area contributed by atoms with Crippen LogP contribution in [-0.2, 0) is 14.3 Å². The van der Waals surface area contributed by atoms with Crippen LogP contribution in [0.5, 0.6) is 5.75 Å². The van der Waals surface area contributed by atoms with E-state index in [4.69, 9.17) is 9.47 Å². The lowest BCUT2D eigenvalue weighted by atomic mass is 10.1. The lowest BCUT2D eigenvalue weighted by Gasteiger charge is -2.33. The Morgan fingerprint density at radius 2 is 2.13 bits per heavy atom. The van der Waals surface area contributed by atoms with Gasteiger partial charge in [0.2, 0.25) is 5.91 Å². The van der Waals surface area contributed by atoms with Crippen LogP contribution in [0, 0.1) is 5.92 Å². The Hall–Kier alpha value is -2.08. The number of nitrogens with one attached hydrogen (secondary N) is 1. The fourth-order valence-corrected chi connectivity index (χ4v) is 2.37. The number of benzene rings is 1. The minimum atomic E-state index is -0.204. The van der Waals surface area contributed by atoms with Crippen molar-refractivity contribution < 1.29 is 19.1 Å². The van der Waals surface area contributed by atoms with Crippen LogP contribution in [0.3, 0.4) is 0 Å². The van der Waals surface area contributed by atoms with Crippen LogP contribution in [0.25, 0.3) is 0 Å². The highest BCUT2D eigenvalue weighted by molar-refractivity contribution is 5.78.